The number of aliphatic hydroxyl groups is 1. The molecule has 0 aromatic heterocycles. The van der Waals surface area contributed by atoms with E-state index in [0.717, 1.165) is 26.1 Å². The summed E-state index contributed by atoms with van der Waals surface area (Å²) in [5, 5.41) is 9.69. The molecule has 1 aromatic carbocycles. The van der Waals surface area contributed by atoms with Crippen molar-refractivity contribution in [1.29, 1.82) is 0 Å². The van der Waals surface area contributed by atoms with Crippen LogP contribution in [0.4, 0.5) is 0 Å². The first-order valence-electron chi connectivity index (χ1n) is 6.40. The first-order valence-corrected chi connectivity index (χ1v) is 6.40. The number of benzene rings is 1. The molecular formula is C15H20O2. The van der Waals surface area contributed by atoms with Crippen LogP contribution in [-0.2, 0) is 10.2 Å². The molecule has 2 aliphatic rings. The lowest BCUT2D eigenvalue weighted by Gasteiger charge is -2.48. The number of aryl methyl sites for hydroxylation is 2. The average molecular weight is 232 g/mol. The topological polar surface area (TPSA) is 29.5 Å². The Morgan fingerprint density at radius 2 is 1.88 bits per heavy atom. The summed E-state index contributed by atoms with van der Waals surface area (Å²) < 4.78 is 5.48. The number of hydrogen-bond donors (Lipinski definition) is 1. The fraction of sp³-hybridized carbons (Fsp3) is 0.600. The lowest BCUT2D eigenvalue weighted by Crippen LogP contribution is -2.55. The minimum atomic E-state index is 0.0835. The van der Waals surface area contributed by atoms with Crippen molar-refractivity contribution < 1.29 is 9.84 Å². The van der Waals surface area contributed by atoms with E-state index in [9.17, 15) is 5.11 Å². The van der Waals surface area contributed by atoms with Gasteiger partial charge in [0, 0.05) is 17.4 Å². The van der Waals surface area contributed by atoms with E-state index in [0.29, 0.717) is 6.61 Å². The molecule has 17 heavy (non-hydrogen) atoms. The van der Waals surface area contributed by atoms with E-state index in [4.69, 9.17) is 4.74 Å². The summed E-state index contributed by atoms with van der Waals surface area (Å²) in [4.78, 5) is 0. The van der Waals surface area contributed by atoms with Gasteiger partial charge >= 0.3 is 0 Å². The zero-order valence-corrected chi connectivity index (χ0v) is 10.6. The largest absolute Gasteiger partial charge is 0.396 e. The summed E-state index contributed by atoms with van der Waals surface area (Å²) in [6, 6.07) is 6.70. The molecule has 0 atom stereocenters. The Labute approximate surface area is 103 Å². The van der Waals surface area contributed by atoms with Gasteiger partial charge in [-0.2, -0.15) is 0 Å². The van der Waals surface area contributed by atoms with Gasteiger partial charge in [-0.05, 0) is 43.4 Å². The highest BCUT2D eigenvalue weighted by Crippen LogP contribution is 2.62. The maximum atomic E-state index is 9.69. The number of aliphatic hydroxyl groups excluding tert-OH is 1. The zero-order valence-electron chi connectivity index (χ0n) is 10.6. The molecule has 0 amide bonds. The van der Waals surface area contributed by atoms with Gasteiger partial charge in [-0.15, -0.1) is 0 Å². The normalized spacial score (nSPS) is 24.2. The second kappa shape index (κ2) is 3.56. The van der Waals surface area contributed by atoms with Gasteiger partial charge in [0.25, 0.3) is 0 Å². The lowest BCUT2D eigenvalue weighted by atomic mass is 9.66. The zero-order chi connectivity index (χ0) is 12.1. The molecule has 0 unspecified atom stereocenters. The molecule has 1 N–H and O–H groups in total. The second-order valence-electron chi connectivity index (χ2n) is 5.81. The Morgan fingerprint density at radius 1 is 1.18 bits per heavy atom. The van der Waals surface area contributed by atoms with Crippen LogP contribution in [0.2, 0.25) is 0 Å². The summed E-state index contributed by atoms with van der Waals surface area (Å²) in [5.41, 5.74) is 4.21. The summed E-state index contributed by atoms with van der Waals surface area (Å²) in [6.07, 6.45) is 2.28. The predicted octanol–water partition coefficient (Wildman–Crippen LogP) is 2.34. The molecule has 1 aliphatic carbocycles. The van der Waals surface area contributed by atoms with Crippen molar-refractivity contribution in [3.8, 4) is 0 Å². The summed E-state index contributed by atoms with van der Waals surface area (Å²) in [6.45, 7) is 6.14. The quantitative estimate of drug-likeness (QED) is 0.866. The number of rotatable bonds is 3. The van der Waals surface area contributed by atoms with Crippen molar-refractivity contribution in [2.75, 3.05) is 19.8 Å². The van der Waals surface area contributed by atoms with E-state index in [1.807, 2.05) is 0 Å². The molecule has 3 rings (SSSR count). The van der Waals surface area contributed by atoms with Crippen LogP contribution in [0.1, 0.15) is 29.5 Å². The molecule has 2 fully saturated rings. The Kier molecular flexibility index (Phi) is 2.36. The Morgan fingerprint density at radius 3 is 2.29 bits per heavy atom. The highest BCUT2D eigenvalue weighted by atomic mass is 16.5. The second-order valence-corrected chi connectivity index (χ2v) is 5.81. The molecule has 0 spiro atoms. The first-order chi connectivity index (χ1) is 8.13. The molecule has 1 saturated heterocycles. The monoisotopic (exact) mass is 232 g/mol. The maximum Gasteiger partial charge on any atom is 0.0591 e. The van der Waals surface area contributed by atoms with Crippen LogP contribution < -0.4 is 0 Å². The van der Waals surface area contributed by atoms with E-state index < -0.39 is 0 Å². The van der Waals surface area contributed by atoms with Gasteiger partial charge in [0.1, 0.15) is 0 Å². The molecule has 1 aliphatic heterocycles. The Hall–Kier alpha value is -0.860. The molecule has 1 saturated carbocycles. The van der Waals surface area contributed by atoms with Gasteiger partial charge < -0.3 is 9.84 Å². The molecule has 2 heteroatoms. The van der Waals surface area contributed by atoms with Crippen LogP contribution in [0.5, 0.6) is 0 Å². The van der Waals surface area contributed by atoms with Crippen LogP contribution in [-0.4, -0.2) is 24.9 Å². The first kappa shape index (κ1) is 11.2. The predicted molar refractivity (Wildman–Crippen MR) is 67.2 cm³/mol. The van der Waals surface area contributed by atoms with Gasteiger partial charge in [-0.25, -0.2) is 0 Å². The van der Waals surface area contributed by atoms with Gasteiger partial charge in [-0.3, -0.25) is 0 Å². The summed E-state index contributed by atoms with van der Waals surface area (Å²) in [5.74, 6) is 0. The van der Waals surface area contributed by atoms with Crippen molar-refractivity contribution in [2.45, 2.75) is 32.1 Å². The maximum absolute atomic E-state index is 9.69. The minimum Gasteiger partial charge on any atom is -0.396 e. The molecule has 0 bridgehead atoms. The lowest BCUT2D eigenvalue weighted by molar-refractivity contribution is -0.110. The van der Waals surface area contributed by atoms with Crippen molar-refractivity contribution in [1.82, 2.24) is 0 Å². The van der Waals surface area contributed by atoms with Crippen molar-refractivity contribution in [2.24, 2.45) is 5.41 Å². The molecule has 0 radical (unpaired) electrons. The van der Waals surface area contributed by atoms with E-state index in [2.05, 4.69) is 32.0 Å². The Balaban J connectivity index is 2.03. The number of ether oxygens (including phenoxy) is 1. The third-order valence-corrected chi connectivity index (χ3v) is 4.93. The van der Waals surface area contributed by atoms with Gasteiger partial charge in [0.2, 0.25) is 0 Å². The van der Waals surface area contributed by atoms with Crippen molar-refractivity contribution in [3.05, 3.63) is 34.9 Å². The molecular weight excluding hydrogens is 212 g/mol. The van der Waals surface area contributed by atoms with Gasteiger partial charge in [-0.1, -0.05) is 18.2 Å². The van der Waals surface area contributed by atoms with E-state index in [1.54, 1.807) is 0 Å². The third kappa shape index (κ3) is 1.40. The molecule has 1 aromatic rings. The highest BCUT2D eigenvalue weighted by Gasteiger charge is 2.63. The average Bonchev–Trinajstić information content (AvgIpc) is 3.03. The minimum absolute atomic E-state index is 0.0835. The summed E-state index contributed by atoms with van der Waals surface area (Å²) >= 11 is 0. The van der Waals surface area contributed by atoms with Crippen LogP contribution >= 0.6 is 0 Å². The molecule has 92 valence electrons. The fourth-order valence-corrected chi connectivity index (χ4v) is 3.06. The fourth-order valence-electron chi connectivity index (χ4n) is 3.06. The standard InChI is InChI=1S/C15H20O2/c1-11-3-4-13(7-12(11)2)15(9-17-10-15)14(8-16)5-6-14/h3-4,7,16H,5-6,8-10H2,1-2H3. The van der Waals surface area contributed by atoms with Crippen LogP contribution in [0.15, 0.2) is 18.2 Å². The summed E-state index contributed by atoms with van der Waals surface area (Å²) in [7, 11) is 0. The van der Waals surface area contributed by atoms with Crippen LogP contribution in [0.25, 0.3) is 0 Å². The number of hydrogen-bond acceptors (Lipinski definition) is 2. The van der Waals surface area contributed by atoms with Gasteiger partial charge in [0.15, 0.2) is 0 Å². The molecule has 1 heterocycles. The smallest absolute Gasteiger partial charge is 0.0591 e. The molecule has 2 nitrogen and oxygen atoms in total. The SMILES string of the molecule is Cc1ccc(C2(C3(CO)CC3)COC2)cc1C. The van der Waals surface area contributed by atoms with Gasteiger partial charge in [0.05, 0.1) is 13.2 Å². The van der Waals surface area contributed by atoms with Crippen LogP contribution in [0, 0.1) is 19.3 Å². The third-order valence-electron chi connectivity index (χ3n) is 4.93. The Bertz CT molecular complexity index is 442. The van der Waals surface area contributed by atoms with E-state index in [-0.39, 0.29) is 10.8 Å². The highest BCUT2D eigenvalue weighted by molar-refractivity contribution is 5.39. The van der Waals surface area contributed by atoms with E-state index in [1.165, 1.54) is 16.7 Å². The van der Waals surface area contributed by atoms with Crippen molar-refractivity contribution in [3.63, 3.8) is 0 Å². The van der Waals surface area contributed by atoms with E-state index >= 15 is 0 Å². The van der Waals surface area contributed by atoms with Crippen LogP contribution in [0.3, 0.4) is 0 Å². The van der Waals surface area contributed by atoms with Crippen molar-refractivity contribution >= 4 is 0 Å².